The number of carbonyl (C=O) groups excluding carboxylic acids is 3. The Hall–Kier alpha value is -3.21. The van der Waals surface area contributed by atoms with Gasteiger partial charge < -0.3 is 5.32 Å². The van der Waals surface area contributed by atoms with Gasteiger partial charge in [0.15, 0.2) is 0 Å². The van der Waals surface area contributed by atoms with Crippen molar-refractivity contribution >= 4 is 17.7 Å². The number of imide groups is 1. The lowest BCUT2D eigenvalue weighted by atomic mass is 10.0. The maximum atomic E-state index is 12.5. The van der Waals surface area contributed by atoms with Crippen LogP contribution in [0, 0.1) is 0 Å². The van der Waals surface area contributed by atoms with E-state index in [-0.39, 0.29) is 30.0 Å². The highest BCUT2D eigenvalue weighted by atomic mass is 16.2. The van der Waals surface area contributed by atoms with Gasteiger partial charge in [0.05, 0.1) is 17.2 Å². The van der Waals surface area contributed by atoms with Crippen LogP contribution in [0.25, 0.3) is 0 Å². The first-order valence-corrected chi connectivity index (χ1v) is 8.00. The van der Waals surface area contributed by atoms with Crippen LogP contribution in [0.2, 0.25) is 0 Å². The Labute approximate surface area is 146 Å². The first-order chi connectivity index (χ1) is 12.0. The van der Waals surface area contributed by atoms with E-state index >= 15 is 0 Å². The van der Waals surface area contributed by atoms with Crippen LogP contribution in [0.3, 0.4) is 0 Å². The molecule has 0 spiro atoms. The third-order valence-electron chi connectivity index (χ3n) is 4.19. The van der Waals surface area contributed by atoms with Gasteiger partial charge in [-0.2, -0.15) is 0 Å². The number of nitrogens with one attached hydrogen (secondary N) is 1. The summed E-state index contributed by atoms with van der Waals surface area (Å²) in [4.78, 5) is 38.1. The van der Waals surface area contributed by atoms with E-state index in [1.54, 1.807) is 6.07 Å². The molecule has 0 saturated carbocycles. The van der Waals surface area contributed by atoms with Crippen molar-refractivity contribution in [3.05, 3.63) is 83.4 Å². The van der Waals surface area contributed by atoms with Gasteiger partial charge >= 0.3 is 0 Å². The topological polar surface area (TPSA) is 66.5 Å². The Morgan fingerprint density at radius 3 is 2.48 bits per heavy atom. The predicted octanol–water partition coefficient (Wildman–Crippen LogP) is 2.96. The third kappa shape index (κ3) is 3.08. The molecule has 25 heavy (non-hydrogen) atoms. The Kier molecular flexibility index (Phi) is 4.48. The van der Waals surface area contributed by atoms with Crippen molar-refractivity contribution in [2.75, 3.05) is 6.54 Å². The predicted molar refractivity (Wildman–Crippen MR) is 94.3 cm³/mol. The molecule has 1 N–H and O–H groups in total. The highest BCUT2D eigenvalue weighted by Gasteiger charge is 2.35. The fourth-order valence-corrected chi connectivity index (χ4v) is 2.83. The van der Waals surface area contributed by atoms with E-state index in [9.17, 15) is 14.4 Å². The van der Waals surface area contributed by atoms with E-state index in [1.807, 2.05) is 37.3 Å². The van der Waals surface area contributed by atoms with Crippen LogP contribution in [-0.2, 0) is 0 Å². The van der Waals surface area contributed by atoms with Crippen molar-refractivity contribution in [3.8, 4) is 0 Å². The van der Waals surface area contributed by atoms with Gasteiger partial charge in [-0.1, -0.05) is 36.4 Å². The Morgan fingerprint density at radius 2 is 1.80 bits per heavy atom. The SMILES string of the molecule is C=CCN1C(=O)c2ccc(C(=O)N[C@H](C)c3ccccc3)cc2C1=O. The second kappa shape index (κ2) is 6.73. The number of benzene rings is 2. The standard InChI is InChI=1S/C20H18N2O3/c1-3-11-22-19(24)16-10-9-15(12-17(16)20(22)25)18(23)21-13(2)14-7-5-4-6-8-14/h3-10,12-13H,1,11H2,2H3,(H,21,23)/t13-/m1/s1. The van der Waals surface area contributed by atoms with Crippen LogP contribution in [0.4, 0.5) is 0 Å². The van der Waals surface area contributed by atoms with Crippen molar-refractivity contribution in [1.82, 2.24) is 10.2 Å². The molecule has 0 saturated heterocycles. The summed E-state index contributed by atoms with van der Waals surface area (Å²) in [6.45, 7) is 5.59. The number of nitrogens with zero attached hydrogens (tertiary/aromatic N) is 1. The van der Waals surface area contributed by atoms with Crippen molar-refractivity contribution < 1.29 is 14.4 Å². The monoisotopic (exact) mass is 334 g/mol. The molecule has 2 aromatic rings. The lowest BCUT2D eigenvalue weighted by Crippen LogP contribution is -2.29. The molecule has 5 nitrogen and oxygen atoms in total. The minimum absolute atomic E-state index is 0.152. The molecule has 1 aliphatic heterocycles. The fraction of sp³-hybridized carbons (Fsp3) is 0.150. The number of hydrogen-bond donors (Lipinski definition) is 1. The minimum atomic E-state index is -0.398. The van der Waals surface area contributed by atoms with Crippen molar-refractivity contribution in [1.29, 1.82) is 0 Å². The molecule has 5 heteroatoms. The van der Waals surface area contributed by atoms with E-state index in [0.29, 0.717) is 11.1 Å². The lowest BCUT2D eigenvalue weighted by Gasteiger charge is -2.14. The zero-order valence-corrected chi connectivity index (χ0v) is 13.9. The highest BCUT2D eigenvalue weighted by molar-refractivity contribution is 6.22. The zero-order chi connectivity index (χ0) is 18.0. The van der Waals surface area contributed by atoms with Gasteiger partial charge in [-0.15, -0.1) is 6.58 Å². The summed E-state index contributed by atoms with van der Waals surface area (Å²) in [6.07, 6.45) is 1.50. The normalized spacial score (nSPS) is 14.2. The van der Waals surface area contributed by atoms with Crippen LogP contribution in [0.15, 0.2) is 61.2 Å². The van der Waals surface area contributed by atoms with Gasteiger partial charge in [0.1, 0.15) is 0 Å². The smallest absolute Gasteiger partial charge is 0.261 e. The van der Waals surface area contributed by atoms with Gasteiger partial charge in [0.2, 0.25) is 0 Å². The first-order valence-electron chi connectivity index (χ1n) is 8.00. The summed E-state index contributed by atoms with van der Waals surface area (Å²) in [7, 11) is 0. The number of rotatable bonds is 5. The summed E-state index contributed by atoms with van der Waals surface area (Å²) < 4.78 is 0. The Morgan fingerprint density at radius 1 is 1.12 bits per heavy atom. The average Bonchev–Trinajstić information content (AvgIpc) is 2.87. The molecule has 3 amide bonds. The molecule has 0 aromatic heterocycles. The molecule has 0 unspecified atom stereocenters. The zero-order valence-electron chi connectivity index (χ0n) is 13.9. The van der Waals surface area contributed by atoms with Crippen molar-refractivity contribution in [3.63, 3.8) is 0 Å². The maximum Gasteiger partial charge on any atom is 0.261 e. The fourth-order valence-electron chi connectivity index (χ4n) is 2.83. The minimum Gasteiger partial charge on any atom is -0.346 e. The average molecular weight is 334 g/mol. The summed E-state index contributed by atoms with van der Waals surface area (Å²) in [6, 6.07) is 14.0. The third-order valence-corrected chi connectivity index (χ3v) is 4.19. The van der Waals surface area contributed by atoms with E-state index in [1.165, 1.54) is 18.2 Å². The van der Waals surface area contributed by atoms with E-state index in [4.69, 9.17) is 0 Å². The quantitative estimate of drug-likeness (QED) is 0.675. The molecular formula is C20H18N2O3. The maximum absolute atomic E-state index is 12.5. The van der Waals surface area contributed by atoms with E-state index in [2.05, 4.69) is 11.9 Å². The van der Waals surface area contributed by atoms with Crippen molar-refractivity contribution in [2.45, 2.75) is 13.0 Å². The van der Waals surface area contributed by atoms with Crippen LogP contribution >= 0.6 is 0 Å². The number of hydrogen-bond acceptors (Lipinski definition) is 3. The number of carbonyl (C=O) groups is 3. The number of fused-ring (bicyclic) bond motifs is 1. The molecule has 1 atom stereocenters. The molecule has 0 bridgehead atoms. The molecule has 2 aromatic carbocycles. The summed E-state index contributed by atoms with van der Waals surface area (Å²) in [5.41, 5.74) is 1.91. The molecule has 0 fully saturated rings. The molecule has 0 aliphatic carbocycles. The molecular weight excluding hydrogens is 316 g/mol. The second-order valence-electron chi connectivity index (χ2n) is 5.88. The lowest BCUT2D eigenvalue weighted by molar-refractivity contribution is 0.0672. The van der Waals surface area contributed by atoms with E-state index < -0.39 is 5.91 Å². The van der Waals surface area contributed by atoms with Crippen molar-refractivity contribution in [2.24, 2.45) is 0 Å². The summed E-state index contributed by atoms with van der Waals surface area (Å²) in [5.74, 6) is -1.04. The molecule has 1 aliphatic rings. The highest BCUT2D eigenvalue weighted by Crippen LogP contribution is 2.24. The number of amides is 3. The van der Waals surface area contributed by atoms with Gasteiger partial charge in [0, 0.05) is 12.1 Å². The molecule has 1 heterocycles. The largest absolute Gasteiger partial charge is 0.346 e. The molecule has 126 valence electrons. The Balaban J connectivity index is 1.81. The van der Waals surface area contributed by atoms with Crippen LogP contribution in [0.5, 0.6) is 0 Å². The van der Waals surface area contributed by atoms with E-state index in [0.717, 1.165) is 10.5 Å². The van der Waals surface area contributed by atoms with Gasteiger partial charge in [-0.25, -0.2) is 0 Å². The second-order valence-corrected chi connectivity index (χ2v) is 5.88. The van der Waals surface area contributed by atoms with Crippen LogP contribution in [0.1, 0.15) is 49.6 Å². The van der Waals surface area contributed by atoms with Gasteiger partial charge in [0.25, 0.3) is 17.7 Å². The Bertz CT molecular complexity index is 858. The summed E-state index contributed by atoms with van der Waals surface area (Å²) in [5, 5.41) is 2.90. The van der Waals surface area contributed by atoms with Crippen LogP contribution in [-0.4, -0.2) is 29.2 Å². The molecule has 3 rings (SSSR count). The van der Waals surface area contributed by atoms with Crippen LogP contribution < -0.4 is 5.32 Å². The van der Waals surface area contributed by atoms with Gasteiger partial charge in [-0.05, 0) is 30.7 Å². The molecule has 0 radical (unpaired) electrons. The summed E-state index contributed by atoms with van der Waals surface area (Å²) >= 11 is 0. The van der Waals surface area contributed by atoms with Gasteiger partial charge in [-0.3, -0.25) is 19.3 Å². The first kappa shape index (κ1) is 16.6.